The van der Waals surface area contributed by atoms with Crippen LogP contribution >= 0.6 is 0 Å². The largest absolute Gasteiger partial charge is 0.530 e. The number of imidazole rings is 1. The van der Waals surface area contributed by atoms with Crippen LogP contribution in [0.25, 0.3) is 5.65 Å². The molecule has 0 aliphatic rings. The number of aromatic nitrogens is 2. The zero-order chi connectivity index (χ0) is 19.6. The lowest BCUT2D eigenvalue weighted by atomic mass is 10.1. The predicted molar refractivity (Wildman–Crippen MR) is 102 cm³/mol. The normalized spacial score (nSPS) is 10.6. The number of amides is 1. The minimum absolute atomic E-state index is 0.204. The van der Waals surface area contributed by atoms with Crippen molar-refractivity contribution in [1.29, 1.82) is 0 Å². The molecule has 0 aliphatic carbocycles. The van der Waals surface area contributed by atoms with Gasteiger partial charge in [0, 0.05) is 24.5 Å². The SMILES string of the molecule is C#CCc1c(C)nc2c(OCc3c(C)cccc3N(C)C(=O)[O-])cccn12. The summed E-state index contributed by atoms with van der Waals surface area (Å²) in [6, 6.07) is 9.15. The quantitative estimate of drug-likeness (QED) is 0.654. The summed E-state index contributed by atoms with van der Waals surface area (Å²) in [5, 5.41) is 11.3. The number of fused-ring (bicyclic) bond motifs is 1. The maximum Gasteiger partial charge on any atom is 0.180 e. The average molecular weight is 362 g/mol. The van der Waals surface area contributed by atoms with E-state index < -0.39 is 6.09 Å². The summed E-state index contributed by atoms with van der Waals surface area (Å²) in [7, 11) is 1.46. The molecule has 1 aromatic carbocycles. The van der Waals surface area contributed by atoms with Crippen molar-refractivity contribution >= 4 is 17.4 Å². The van der Waals surface area contributed by atoms with Gasteiger partial charge >= 0.3 is 0 Å². The molecule has 6 nitrogen and oxygen atoms in total. The molecule has 0 aliphatic heterocycles. The van der Waals surface area contributed by atoms with E-state index in [-0.39, 0.29) is 6.61 Å². The van der Waals surface area contributed by atoms with Crippen LogP contribution in [0, 0.1) is 26.2 Å². The van der Waals surface area contributed by atoms with Crippen molar-refractivity contribution < 1.29 is 14.6 Å². The molecule has 27 heavy (non-hydrogen) atoms. The van der Waals surface area contributed by atoms with Gasteiger partial charge in [-0.3, -0.25) is 4.40 Å². The Morgan fingerprint density at radius 2 is 2.11 bits per heavy atom. The van der Waals surface area contributed by atoms with Crippen molar-refractivity contribution in [3.8, 4) is 18.1 Å². The van der Waals surface area contributed by atoms with Crippen molar-refractivity contribution in [2.24, 2.45) is 0 Å². The van der Waals surface area contributed by atoms with Crippen LogP contribution in [0.15, 0.2) is 36.5 Å². The van der Waals surface area contributed by atoms with E-state index in [1.165, 1.54) is 7.05 Å². The van der Waals surface area contributed by atoms with Crippen LogP contribution in [-0.2, 0) is 13.0 Å². The van der Waals surface area contributed by atoms with E-state index in [4.69, 9.17) is 11.2 Å². The van der Waals surface area contributed by atoms with Crippen LogP contribution in [0.5, 0.6) is 5.75 Å². The Balaban J connectivity index is 1.96. The summed E-state index contributed by atoms with van der Waals surface area (Å²) in [6.07, 6.45) is 6.57. The first-order valence-corrected chi connectivity index (χ1v) is 8.50. The minimum Gasteiger partial charge on any atom is -0.530 e. The summed E-state index contributed by atoms with van der Waals surface area (Å²) in [6.45, 7) is 4.03. The number of hydrogen-bond acceptors (Lipinski definition) is 4. The molecular weight excluding hydrogens is 342 g/mol. The molecule has 2 heterocycles. The molecule has 0 spiro atoms. The van der Waals surface area contributed by atoms with Crippen LogP contribution in [0.3, 0.4) is 0 Å². The van der Waals surface area contributed by atoms with Gasteiger partial charge in [0.1, 0.15) is 12.7 Å². The standard InChI is InChI=1S/C21H21N3O3/c1-5-8-17-15(3)22-20-19(11-7-12-24(17)20)27-13-16-14(2)9-6-10-18(16)23(4)21(25)26/h1,6-7,9-12H,8,13H2,2-4H3,(H,25,26)/p-1. The summed E-state index contributed by atoms with van der Waals surface area (Å²) in [5.74, 6) is 3.26. The fourth-order valence-corrected chi connectivity index (χ4v) is 3.06. The van der Waals surface area contributed by atoms with Crippen molar-refractivity contribution in [1.82, 2.24) is 9.38 Å². The smallest absolute Gasteiger partial charge is 0.180 e. The maximum absolute atomic E-state index is 11.3. The second kappa shape index (κ2) is 7.42. The highest BCUT2D eigenvalue weighted by Gasteiger charge is 2.15. The van der Waals surface area contributed by atoms with Gasteiger partial charge < -0.3 is 19.5 Å². The molecular formula is C21H20N3O3-. The fourth-order valence-electron chi connectivity index (χ4n) is 3.06. The summed E-state index contributed by atoms with van der Waals surface area (Å²) < 4.78 is 7.96. The Hall–Kier alpha value is -3.46. The van der Waals surface area contributed by atoms with Gasteiger partial charge in [-0.25, -0.2) is 4.98 Å². The molecule has 3 aromatic rings. The predicted octanol–water partition coefficient (Wildman–Crippen LogP) is 2.49. The molecule has 0 atom stereocenters. The van der Waals surface area contributed by atoms with E-state index in [1.807, 2.05) is 42.6 Å². The lowest BCUT2D eigenvalue weighted by Crippen LogP contribution is -2.39. The van der Waals surface area contributed by atoms with Crippen LogP contribution in [0.2, 0.25) is 0 Å². The molecule has 1 amide bonds. The van der Waals surface area contributed by atoms with Gasteiger partial charge in [0.05, 0.1) is 17.8 Å². The first-order valence-electron chi connectivity index (χ1n) is 8.50. The van der Waals surface area contributed by atoms with E-state index in [1.54, 1.807) is 12.1 Å². The highest BCUT2D eigenvalue weighted by Crippen LogP contribution is 2.27. The van der Waals surface area contributed by atoms with Crippen LogP contribution < -0.4 is 14.7 Å². The Kier molecular flexibility index (Phi) is 5.04. The molecule has 0 bridgehead atoms. The summed E-state index contributed by atoms with van der Waals surface area (Å²) in [5.41, 5.74) is 4.74. The topological polar surface area (TPSA) is 69.9 Å². The highest BCUT2D eigenvalue weighted by atomic mass is 16.5. The fraction of sp³-hybridized carbons (Fsp3) is 0.238. The van der Waals surface area contributed by atoms with Crippen LogP contribution in [-0.4, -0.2) is 22.5 Å². The lowest BCUT2D eigenvalue weighted by molar-refractivity contribution is -0.246. The zero-order valence-corrected chi connectivity index (χ0v) is 15.5. The molecule has 0 unspecified atom stereocenters. The number of terminal acetylenes is 1. The molecule has 0 fully saturated rings. The van der Waals surface area contributed by atoms with Gasteiger partial charge in [0.2, 0.25) is 0 Å². The number of carbonyl (C=O) groups is 1. The first kappa shape index (κ1) is 18.3. The van der Waals surface area contributed by atoms with Gasteiger partial charge in [-0.2, -0.15) is 0 Å². The Morgan fingerprint density at radius 1 is 1.33 bits per heavy atom. The zero-order valence-electron chi connectivity index (χ0n) is 15.5. The molecule has 6 heteroatoms. The molecule has 3 rings (SSSR count). The van der Waals surface area contributed by atoms with Gasteiger partial charge in [-0.15, -0.1) is 12.3 Å². The Morgan fingerprint density at radius 3 is 2.81 bits per heavy atom. The van der Waals surface area contributed by atoms with Gasteiger partial charge in [0.25, 0.3) is 0 Å². The van der Waals surface area contributed by atoms with Crippen molar-refractivity contribution in [3.63, 3.8) is 0 Å². The number of pyridine rings is 1. The van der Waals surface area contributed by atoms with Gasteiger partial charge in [-0.1, -0.05) is 12.1 Å². The summed E-state index contributed by atoms with van der Waals surface area (Å²) in [4.78, 5) is 16.9. The number of carboxylic acid groups (broad SMARTS) is 1. The number of carbonyl (C=O) groups excluding carboxylic acids is 1. The van der Waals surface area contributed by atoms with Crippen LogP contribution in [0.4, 0.5) is 10.5 Å². The van der Waals surface area contributed by atoms with Gasteiger partial charge in [-0.05, 0) is 37.6 Å². The third kappa shape index (κ3) is 3.44. The number of benzene rings is 1. The number of hydrogen-bond donors (Lipinski definition) is 0. The number of ether oxygens (including phenoxy) is 1. The minimum atomic E-state index is -1.27. The molecule has 0 saturated carbocycles. The average Bonchev–Trinajstić information content (AvgIpc) is 2.96. The van der Waals surface area contributed by atoms with Crippen molar-refractivity contribution in [2.45, 2.75) is 26.9 Å². The van der Waals surface area contributed by atoms with E-state index in [0.29, 0.717) is 23.5 Å². The number of rotatable bonds is 5. The van der Waals surface area contributed by atoms with Crippen LogP contribution in [0.1, 0.15) is 22.5 Å². The molecule has 2 aromatic heterocycles. The third-order valence-corrected chi connectivity index (χ3v) is 4.58. The molecule has 0 saturated heterocycles. The van der Waals surface area contributed by atoms with E-state index in [9.17, 15) is 9.90 Å². The Labute approximate surface area is 158 Å². The molecule has 0 radical (unpaired) electrons. The van der Waals surface area contributed by atoms with Crippen molar-refractivity contribution in [2.75, 3.05) is 11.9 Å². The van der Waals surface area contributed by atoms with E-state index in [0.717, 1.165) is 27.4 Å². The second-order valence-corrected chi connectivity index (χ2v) is 6.28. The molecule has 0 N–H and O–H groups in total. The highest BCUT2D eigenvalue weighted by molar-refractivity contribution is 5.85. The first-order chi connectivity index (χ1) is 12.9. The second-order valence-electron chi connectivity index (χ2n) is 6.28. The maximum atomic E-state index is 11.3. The third-order valence-electron chi connectivity index (χ3n) is 4.58. The number of aryl methyl sites for hydroxylation is 2. The van der Waals surface area contributed by atoms with Crippen molar-refractivity contribution in [3.05, 3.63) is 59.0 Å². The van der Waals surface area contributed by atoms with E-state index in [2.05, 4.69) is 10.9 Å². The Bertz CT molecular complexity index is 1050. The van der Waals surface area contributed by atoms with Gasteiger partial charge in [0.15, 0.2) is 11.4 Å². The monoisotopic (exact) mass is 362 g/mol. The number of anilines is 1. The van der Waals surface area contributed by atoms with E-state index >= 15 is 0 Å². The number of nitrogens with zero attached hydrogens (tertiary/aromatic N) is 3. The summed E-state index contributed by atoms with van der Waals surface area (Å²) >= 11 is 0. The molecule has 138 valence electrons. The lowest BCUT2D eigenvalue weighted by Gasteiger charge is -2.24.